The minimum absolute atomic E-state index is 0.0231. The Labute approximate surface area is 252 Å². The molecule has 0 unspecified atom stereocenters. The Kier molecular flexibility index (Phi) is 8.93. The van der Waals surface area contributed by atoms with Gasteiger partial charge in [-0.3, -0.25) is 9.59 Å². The molecule has 0 radical (unpaired) electrons. The maximum atomic E-state index is 16.6. The van der Waals surface area contributed by atoms with E-state index in [-0.39, 0.29) is 41.3 Å². The number of aromatic nitrogens is 3. The SMILES string of the molecule is C[C@@H]1CN(c2nccc(-c3c(F)cc(N4CCN(C)[C@@H](C)C4)c(NC(=O)c4cn(C)c(=O)cc4C(F)F)c3F)n2)C[C@H](C)O1. The minimum Gasteiger partial charge on any atom is -0.372 e. The Hall–Kier alpha value is -4.04. The van der Waals surface area contributed by atoms with Crippen LogP contribution in [0.5, 0.6) is 0 Å². The Morgan fingerprint density at radius 3 is 2.41 bits per heavy atom. The summed E-state index contributed by atoms with van der Waals surface area (Å²) in [6, 6.07) is 3.19. The van der Waals surface area contributed by atoms with Gasteiger partial charge in [-0.05, 0) is 33.9 Å². The first-order valence-electron chi connectivity index (χ1n) is 14.3. The average molecular weight is 618 g/mol. The monoisotopic (exact) mass is 617 g/mol. The molecule has 2 saturated heterocycles. The van der Waals surface area contributed by atoms with Crippen LogP contribution in [0.25, 0.3) is 11.3 Å². The molecule has 5 rings (SSSR count). The van der Waals surface area contributed by atoms with Gasteiger partial charge in [-0.15, -0.1) is 0 Å². The van der Waals surface area contributed by atoms with E-state index in [4.69, 9.17) is 4.74 Å². The number of hydrogen-bond acceptors (Lipinski definition) is 8. The fourth-order valence-corrected chi connectivity index (χ4v) is 5.65. The summed E-state index contributed by atoms with van der Waals surface area (Å²) in [6.07, 6.45) is -0.986. The van der Waals surface area contributed by atoms with Crippen molar-refractivity contribution in [3.63, 3.8) is 0 Å². The van der Waals surface area contributed by atoms with E-state index in [1.807, 2.05) is 32.7 Å². The molecule has 1 aromatic carbocycles. The molecule has 1 N–H and O–H groups in total. The van der Waals surface area contributed by atoms with Crippen molar-refractivity contribution in [3.8, 4) is 11.3 Å². The molecule has 4 heterocycles. The summed E-state index contributed by atoms with van der Waals surface area (Å²) in [5, 5.41) is 2.43. The van der Waals surface area contributed by atoms with E-state index in [9.17, 15) is 18.4 Å². The van der Waals surface area contributed by atoms with Crippen LogP contribution in [-0.4, -0.2) is 83.4 Å². The summed E-state index contributed by atoms with van der Waals surface area (Å²) in [4.78, 5) is 40.0. The van der Waals surface area contributed by atoms with Crippen LogP contribution in [0.15, 0.2) is 35.4 Å². The lowest BCUT2D eigenvalue weighted by Crippen LogP contribution is -2.50. The number of rotatable bonds is 6. The summed E-state index contributed by atoms with van der Waals surface area (Å²) in [7, 11) is 3.24. The number of anilines is 3. The van der Waals surface area contributed by atoms with Gasteiger partial charge in [0.2, 0.25) is 5.95 Å². The highest BCUT2D eigenvalue weighted by Gasteiger charge is 2.31. The first-order valence-corrected chi connectivity index (χ1v) is 14.3. The number of piperazine rings is 1. The van der Waals surface area contributed by atoms with Gasteiger partial charge in [0.05, 0.1) is 34.7 Å². The van der Waals surface area contributed by atoms with Gasteiger partial charge in [-0.2, -0.15) is 0 Å². The van der Waals surface area contributed by atoms with Gasteiger partial charge < -0.3 is 29.3 Å². The molecular weight excluding hydrogens is 582 g/mol. The van der Waals surface area contributed by atoms with Gasteiger partial charge in [0.15, 0.2) is 5.82 Å². The number of carbonyl (C=O) groups is 1. The highest BCUT2D eigenvalue weighted by molar-refractivity contribution is 6.07. The fraction of sp³-hybridized carbons (Fsp3) is 0.467. The van der Waals surface area contributed by atoms with E-state index in [1.165, 1.54) is 19.3 Å². The maximum Gasteiger partial charge on any atom is 0.264 e. The third-order valence-corrected chi connectivity index (χ3v) is 8.08. The number of benzene rings is 1. The number of likely N-dealkylation sites (N-methyl/N-ethyl adjacent to an activating group) is 1. The molecule has 3 aromatic rings. The highest BCUT2D eigenvalue weighted by Crippen LogP contribution is 2.39. The molecule has 2 aliphatic rings. The number of ether oxygens (including phenoxy) is 1. The predicted octanol–water partition coefficient (Wildman–Crippen LogP) is 4.06. The number of nitrogens with one attached hydrogen (secondary N) is 1. The number of aryl methyl sites for hydroxylation is 1. The molecule has 3 atom stereocenters. The molecule has 0 aliphatic carbocycles. The Balaban J connectivity index is 1.61. The normalized spacial score (nSPS) is 21.2. The van der Waals surface area contributed by atoms with Crippen molar-refractivity contribution in [3.05, 3.63) is 63.7 Å². The lowest BCUT2D eigenvalue weighted by Gasteiger charge is -2.39. The average Bonchev–Trinajstić information content (AvgIpc) is 2.96. The molecule has 10 nitrogen and oxygen atoms in total. The topological polar surface area (TPSA) is 95.8 Å². The number of carbonyl (C=O) groups excluding carboxylic acids is 1. The van der Waals surface area contributed by atoms with Gasteiger partial charge in [-0.1, -0.05) is 0 Å². The van der Waals surface area contributed by atoms with E-state index in [2.05, 4.69) is 20.2 Å². The summed E-state index contributed by atoms with van der Waals surface area (Å²) in [5.74, 6) is -2.84. The fourth-order valence-electron chi connectivity index (χ4n) is 5.65. The van der Waals surface area contributed by atoms with Crippen molar-refractivity contribution < 1.29 is 27.1 Å². The Bertz CT molecular complexity index is 1610. The molecule has 0 saturated carbocycles. The zero-order chi connectivity index (χ0) is 31.9. The molecule has 236 valence electrons. The third-order valence-electron chi connectivity index (χ3n) is 8.08. The lowest BCUT2D eigenvalue weighted by atomic mass is 10.0. The smallest absolute Gasteiger partial charge is 0.264 e. The van der Waals surface area contributed by atoms with Crippen LogP contribution in [0.1, 0.15) is 43.1 Å². The number of hydrogen-bond donors (Lipinski definition) is 1. The maximum absolute atomic E-state index is 16.6. The van der Waals surface area contributed by atoms with E-state index >= 15 is 8.78 Å². The van der Waals surface area contributed by atoms with Crippen molar-refractivity contribution >= 4 is 23.2 Å². The molecule has 0 bridgehead atoms. The van der Waals surface area contributed by atoms with Crippen molar-refractivity contribution in [1.82, 2.24) is 19.4 Å². The second-order valence-corrected chi connectivity index (χ2v) is 11.5. The van der Waals surface area contributed by atoms with Crippen LogP contribution in [0.4, 0.5) is 34.9 Å². The van der Waals surface area contributed by atoms with Crippen LogP contribution >= 0.6 is 0 Å². The van der Waals surface area contributed by atoms with Crippen LogP contribution in [0, 0.1) is 11.6 Å². The number of amides is 1. The molecule has 14 heteroatoms. The molecule has 2 fully saturated rings. The van der Waals surface area contributed by atoms with Crippen molar-refractivity contribution in [2.75, 3.05) is 54.9 Å². The van der Waals surface area contributed by atoms with Gasteiger partial charge in [0.1, 0.15) is 11.5 Å². The zero-order valence-corrected chi connectivity index (χ0v) is 25.2. The van der Waals surface area contributed by atoms with Gasteiger partial charge in [0, 0.05) is 75.9 Å². The molecule has 1 amide bonds. The predicted molar refractivity (Wildman–Crippen MR) is 159 cm³/mol. The standard InChI is InChI=1S/C30H35F4N7O3/c1-16-12-40(9-8-38(16)4)23-11-21(31)25(22-6-7-35-30(36-22)41-13-17(2)44-18(3)14-41)26(32)27(23)37-29(43)20-15-39(5)24(42)10-19(20)28(33)34/h6-7,10-11,15-18,28H,8-9,12-14H2,1-5H3,(H,37,43)/t16-,17-,18+/m0/s1. The van der Waals surface area contributed by atoms with Crippen molar-refractivity contribution in [2.24, 2.45) is 7.05 Å². The number of morpholine rings is 1. The molecule has 0 spiro atoms. The van der Waals surface area contributed by atoms with Crippen LogP contribution in [-0.2, 0) is 11.8 Å². The van der Waals surface area contributed by atoms with Crippen molar-refractivity contribution in [2.45, 2.75) is 45.4 Å². The van der Waals surface area contributed by atoms with Crippen LogP contribution in [0.3, 0.4) is 0 Å². The summed E-state index contributed by atoms with van der Waals surface area (Å²) in [5.41, 5.74) is -2.92. The number of halogens is 4. The third kappa shape index (κ3) is 6.27. The van der Waals surface area contributed by atoms with Gasteiger partial charge in [0.25, 0.3) is 17.9 Å². The summed E-state index contributed by atoms with van der Waals surface area (Å²) < 4.78 is 67.0. The molecule has 2 aromatic heterocycles. The van der Waals surface area contributed by atoms with Gasteiger partial charge >= 0.3 is 0 Å². The minimum atomic E-state index is -3.14. The van der Waals surface area contributed by atoms with E-state index in [0.29, 0.717) is 38.8 Å². The molecule has 44 heavy (non-hydrogen) atoms. The highest BCUT2D eigenvalue weighted by atomic mass is 19.3. The zero-order valence-electron chi connectivity index (χ0n) is 25.2. The summed E-state index contributed by atoms with van der Waals surface area (Å²) >= 11 is 0. The van der Waals surface area contributed by atoms with Crippen LogP contribution < -0.4 is 20.7 Å². The van der Waals surface area contributed by atoms with Gasteiger partial charge in [-0.25, -0.2) is 27.5 Å². The van der Waals surface area contributed by atoms with Crippen molar-refractivity contribution in [1.29, 1.82) is 0 Å². The Morgan fingerprint density at radius 2 is 1.75 bits per heavy atom. The summed E-state index contributed by atoms with van der Waals surface area (Å²) in [6.45, 7) is 8.10. The van der Waals surface area contributed by atoms with Crippen LogP contribution in [0.2, 0.25) is 0 Å². The molecule has 2 aliphatic heterocycles. The second kappa shape index (κ2) is 12.5. The largest absolute Gasteiger partial charge is 0.372 e. The lowest BCUT2D eigenvalue weighted by molar-refractivity contribution is -0.00572. The number of pyridine rings is 1. The number of nitrogens with zero attached hydrogens (tertiary/aromatic N) is 6. The first kappa shape index (κ1) is 31.4. The van der Waals surface area contributed by atoms with E-state index < -0.39 is 46.2 Å². The number of alkyl halides is 2. The quantitative estimate of drug-likeness (QED) is 0.414. The van der Waals surface area contributed by atoms with E-state index in [0.717, 1.165) is 16.8 Å². The van der Waals surface area contributed by atoms with E-state index in [1.54, 1.807) is 4.90 Å². The molecular formula is C30H35F4N7O3. The Morgan fingerprint density at radius 1 is 1.05 bits per heavy atom. The second-order valence-electron chi connectivity index (χ2n) is 11.5. The first-order chi connectivity index (χ1) is 20.8.